The summed E-state index contributed by atoms with van der Waals surface area (Å²) < 4.78 is 18.7. The van der Waals surface area contributed by atoms with E-state index >= 15 is 0 Å². The predicted molar refractivity (Wildman–Crippen MR) is 130 cm³/mol. The number of carbonyl (C=O) groups is 3. The highest BCUT2D eigenvalue weighted by atomic mass is 19.1. The molecule has 1 fully saturated rings. The SMILES string of the molecule is Cc1ccc(NC(=O)COc2cccc(C=C3NC(=O)N(Cc4ccc(F)cc4)C3=O)c2)cc1C. The van der Waals surface area contributed by atoms with Crippen molar-refractivity contribution in [3.63, 3.8) is 0 Å². The third kappa shape index (κ3) is 5.92. The summed E-state index contributed by atoms with van der Waals surface area (Å²) in [5, 5.41) is 5.36. The van der Waals surface area contributed by atoms with E-state index in [1.165, 1.54) is 30.3 Å². The maximum atomic E-state index is 13.1. The molecule has 0 spiro atoms. The Morgan fingerprint density at radius 3 is 2.54 bits per heavy atom. The van der Waals surface area contributed by atoms with Crippen molar-refractivity contribution in [1.29, 1.82) is 0 Å². The van der Waals surface area contributed by atoms with Crippen molar-refractivity contribution in [3.05, 3.63) is 100 Å². The second-order valence-electron chi connectivity index (χ2n) is 8.21. The van der Waals surface area contributed by atoms with Gasteiger partial charge < -0.3 is 15.4 Å². The largest absolute Gasteiger partial charge is 0.484 e. The smallest absolute Gasteiger partial charge is 0.329 e. The molecule has 4 amide bonds. The van der Waals surface area contributed by atoms with Gasteiger partial charge in [-0.3, -0.25) is 14.5 Å². The first-order chi connectivity index (χ1) is 16.8. The number of nitrogens with zero attached hydrogens (tertiary/aromatic N) is 1. The van der Waals surface area contributed by atoms with Crippen LogP contribution in [0.4, 0.5) is 14.9 Å². The highest BCUT2D eigenvalue weighted by Gasteiger charge is 2.33. The standard InChI is InChI=1S/C27H24FN3O4/c1-17-6-11-22(12-18(17)2)29-25(32)16-35-23-5-3-4-20(13-23)14-24-26(33)31(27(34)30-24)15-19-7-9-21(28)10-8-19/h3-14H,15-16H2,1-2H3,(H,29,32)(H,30,34). The second-order valence-corrected chi connectivity index (χ2v) is 8.21. The molecule has 3 aromatic carbocycles. The Hall–Kier alpha value is -4.46. The molecule has 0 radical (unpaired) electrons. The number of rotatable bonds is 7. The van der Waals surface area contributed by atoms with Gasteiger partial charge in [0, 0.05) is 5.69 Å². The molecule has 0 bridgehead atoms. The van der Waals surface area contributed by atoms with Crippen LogP contribution in [0.15, 0.2) is 72.4 Å². The monoisotopic (exact) mass is 473 g/mol. The summed E-state index contributed by atoms with van der Waals surface area (Å²) in [6, 6.07) is 17.5. The zero-order chi connectivity index (χ0) is 24.9. The lowest BCUT2D eigenvalue weighted by molar-refractivity contribution is -0.123. The average Bonchev–Trinajstić information content (AvgIpc) is 3.09. The number of hydrogen-bond donors (Lipinski definition) is 2. The van der Waals surface area contributed by atoms with E-state index in [1.807, 2.05) is 32.0 Å². The van der Waals surface area contributed by atoms with Gasteiger partial charge in [0.2, 0.25) is 0 Å². The fourth-order valence-corrected chi connectivity index (χ4v) is 3.51. The quantitative estimate of drug-likeness (QED) is 0.389. The van der Waals surface area contributed by atoms with Crippen molar-refractivity contribution in [3.8, 4) is 5.75 Å². The molecule has 3 aromatic rings. The predicted octanol–water partition coefficient (Wildman–Crippen LogP) is 4.55. The molecule has 4 rings (SSSR count). The molecule has 1 saturated heterocycles. The van der Waals surface area contributed by atoms with Crippen LogP contribution >= 0.6 is 0 Å². The van der Waals surface area contributed by atoms with Gasteiger partial charge in [-0.2, -0.15) is 0 Å². The van der Waals surface area contributed by atoms with Gasteiger partial charge in [-0.25, -0.2) is 9.18 Å². The second kappa shape index (κ2) is 10.2. The lowest BCUT2D eigenvalue weighted by Crippen LogP contribution is -2.30. The topological polar surface area (TPSA) is 87.7 Å². The number of carbonyl (C=O) groups excluding carboxylic acids is 3. The van der Waals surface area contributed by atoms with Crippen molar-refractivity contribution in [1.82, 2.24) is 10.2 Å². The Morgan fingerprint density at radius 2 is 1.80 bits per heavy atom. The number of hydrogen-bond acceptors (Lipinski definition) is 4. The number of halogens is 1. The van der Waals surface area contributed by atoms with Gasteiger partial charge in [-0.05, 0) is 78.6 Å². The van der Waals surface area contributed by atoms with E-state index in [-0.39, 0.29) is 24.8 Å². The highest BCUT2D eigenvalue weighted by molar-refractivity contribution is 6.13. The lowest BCUT2D eigenvalue weighted by Gasteiger charge is -2.11. The Bertz CT molecular complexity index is 1320. The van der Waals surface area contributed by atoms with Gasteiger partial charge in [0.05, 0.1) is 6.54 Å². The molecule has 1 heterocycles. The molecular weight excluding hydrogens is 449 g/mol. The minimum Gasteiger partial charge on any atom is -0.484 e. The minimum absolute atomic E-state index is 0.0288. The molecule has 7 nitrogen and oxygen atoms in total. The molecule has 0 aliphatic carbocycles. The third-order valence-electron chi connectivity index (χ3n) is 5.55. The van der Waals surface area contributed by atoms with E-state index in [9.17, 15) is 18.8 Å². The summed E-state index contributed by atoms with van der Waals surface area (Å²) in [5.41, 5.74) is 4.27. The molecule has 0 aromatic heterocycles. The van der Waals surface area contributed by atoms with E-state index in [0.29, 0.717) is 22.6 Å². The van der Waals surface area contributed by atoms with Crippen molar-refractivity contribution in [2.45, 2.75) is 20.4 Å². The van der Waals surface area contributed by atoms with Gasteiger partial charge in [0.15, 0.2) is 6.61 Å². The number of urea groups is 1. The zero-order valence-electron chi connectivity index (χ0n) is 19.3. The fraction of sp³-hybridized carbons (Fsp3) is 0.148. The first-order valence-corrected chi connectivity index (χ1v) is 11.0. The summed E-state index contributed by atoms with van der Waals surface area (Å²) in [7, 11) is 0. The summed E-state index contributed by atoms with van der Waals surface area (Å²) >= 11 is 0. The van der Waals surface area contributed by atoms with Gasteiger partial charge in [0.25, 0.3) is 11.8 Å². The van der Waals surface area contributed by atoms with E-state index < -0.39 is 17.8 Å². The van der Waals surface area contributed by atoms with Crippen LogP contribution in [0.2, 0.25) is 0 Å². The van der Waals surface area contributed by atoms with Crippen LogP contribution in [-0.2, 0) is 16.1 Å². The Morgan fingerprint density at radius 1 is 1.03 bits per heavy atom. The van der Waals surface area contributed by atoms with E-state index in [4.69, 9.17) is 4.74 Å². The number of imide groups is 1. The van der Waals surface area contributed by atoms with Crippen LogP contribution in [-0.4, -0.2) is 29.4 Å². The summed E-state index contributed by atoms with van der Waals surface area (Å²) in [4.78, 5) is 38.3. The van der Waals surface area contributed by atoms with Gasteiger partial charge in [-0.15, -0.1) is 0 Å². The van der Waals surface area contributed by atoms with Crippen LogP contribution in [0.5, 0.6) is 5.75 Å². The van der Waals surface area contributed by atoms with Crippen molar-refractivity contribution in [2.24, 2.45) is 0 Å². The van der Waals surface area contributed by atoms with E-state index in [2.05, 4.69) is 10.6 Å². The highest BCUT2D eigenvalue weighted by Crippen LogP contribution is 2.20. The Balaban J connectivity index is 1.38. The Labute approximate surface area is 202 Å². The molecule has 0 unspecified atom stereocenters. The number of anilines is 1. The third-order valence-corrected chi connectivity index (χ3v) is 5.55. The van der Waals surface area contributed by atoms with Crippen molar-refractivity contribution >= 4 is 29.6 Å². The molecular formula is C27H24FN3O4. The summed E-state index contributed by atoms with van der Waals surface area (Å²) in [6.07, 6.45) is 1.53. The molecule has 2 N–H and O–H groups in total. The maximum Gasteiger partial charge on any atom is 0.329 e. The Kier molecular flexibility index (Phi) is 6.91. The van der Waals surface area contributed by atoms with Crippen LogP contribution in [0, 0.1) is 19.7 Å². The normalized spacial score (nSPS) is 14.3. The molecule has 35 heavy (non-hydrogen) atoms. The zero-order valence-corrected chi connectivity index (χ0v) is 19.3. The number of ether oxygens (including phenoxy) is 1. The van der Waals surface area contributed by atoms with E-state index in [0.717, 1.165) is 16.0 Å². The summed E-state index contributed by atoms with van der Waals surface area (Å²) in [6.45, 7) is 3.82. The first kappa shape index (κ1) is 23.7. The van der Waals surface area contributed by atoms with Crippen molar-refractivity contribution < 1.29 is 23.5 Å². The number of aryl methyl sites for hydroxylation is 2. The minimum atomic E-state index is -0.555. The number of benzene rings is 3. The van der Waals surface area contributed by atoms with Crippen LogP contribution in [0.1, 0.15) is 22.3 Å². The van der Waals surface area contributed by atoms with E-state index in [1.54, 1.807) is 24.3 Å². The van der Waals surface area contributed by atoms with Crippen LogP contribution in [0.3, 0.4) is 0 Å². The molecule has 1 aliphatic rings. The molecule has 178 valence electrons. The maximum absolute atomic E-state index is 13.1. The molecule has 8 heteroatoms. The van der Waals surface area contributed by atoms with Gasteiger partial charge in [-0.1, -0.05) is 30.3 Å². The summed E-state index contributed by atoms with van der Waals surface area (Å²) in [5.74, 6) is -0.740. The van der Waals surface area contributed by atoms with Gasteiger partial charge in [0.1, 0.15) is 17.3 Å². The molecule has 1 aliphatic heterocycles. The molecule has 0 atom stereocenters. The van der Waals surface area contributed by atoms with Crippen molar-refractivity contribution in [2.75, 3.05) is 11.9 Å². The first-order valence-electron chi connectivity index (χ1n) is 11.0. The number of nitrogens with one attached hydrogen (secondary N) is 2. The number of amides is 4. The average molecular weight is 474 g/mol. The lowest BCUT2D eigenvalue weighted by atomic mass is 10.1. The molecule has 0 saturated carbocycles. The van der Waals surface area contributed by atoms with Crippen LogP contribution in [0.25, 0.3) is 6.08 Å². The van der Waals surface area contributed by atoms with Crippen LogP contribution < -0.4 is 15.4 Å². The fourth-order valence-electron chi connectivity index (χ4n) is 3.51. The van der Waals surface area contributed by atoms with Gasteiger partial charge >= 0.3 is 6.03 Å².